The minimum atomic E-state index is 0. The van der Waals surface area contributed by atoms with Crippen molar-refractivity contribution in [1.82, 2.24) is 10.6 Å². The SMILES string of the molecule is CN=C(NCCOC)NCc1cccc(C#N)c1.I. The Morgan fingerprint density at radius 2 is 2.21 bits per heavy atom. The number of rotatable bonds is 5. The molecule has 0 spiro atoms. The summed E-state index contributed by atoms with van der Waals surface area (Å²) >= 11 is 0. The maximum atomic E-state index is 8.81. The lowest BCUT2D eigenvalue weighted by molar-refractivity contribution is 0.203. The van der Waals surface area contributed by atoms with Gasteiger partial charge in [0.05, 0.1) is 18.2 Å². The van der Waals surface area contributed by atoms with Crippen molar-refractivity contribution in [2.24, 2.45) is 4.99 Å². The first-order valence-corrected chi connectivity index (χ1v) is 5.72. The molecular formula is C13H19IN4O. The number of ether oxygens (including phenoxy) is 1. The molecule has 19 heavy (non-hydrogen) atoms. The molecule has 0 amide bonds. The van der Waals surface area contributed by atoms with E-state index in [0.717, 1.165) is 11.5 Å². The Hall–Kier alpha value is -1.33. The normalized spacial score (nSPS) is 10.3. The number of aliphatic imine (C=N–C) groups is 1. The molecule has 2 N–H and O–H groups in total. The number of guanidine groups is 1. The lowest BCUT2D eigenvalue weighted by atomic mass is 10.1. The van der Waals surface area contributed by atoms with Crippen molar-refractivity contribution >= 4 is 29.9 Å². The van der Waals surface area contributed by atoms with E-state index >= 15 is 0 Å². The third-order valence-corrected chi connectivity index (χ3v) is 2.34. The Labute approximate surface area is 131 Å². The van der Waals surface area contributed by atoms with Crippen LogP contribution in [0.3, 0.4) is 0 Å². The van der Waals surface area contributed by atoms with Gasteiger partial charge in [-0.05, 0) is 17.7 Å². The Kier molecular flexibility index (Phi) is 9.84. The van der Waals surface area contributed by atoms with E-state index in [-0.39, 0.29) is 24.0 Å². The van der Waals surface area contributed by atoms with E-state index in [1.165, 1.54) is 0 Å². The monoisotopic (exact) mass is 374 g/mol. The molecule has 0 bridgehead atoms. The van der Waals surface area contributed by atoms with Crippen molar-refractivity contribution in [2.75, 3.05) is 27.3 Å². The van der Waals surface area contributed by atoms with Crippen LogP contribution in [0.1, 0.15) is 11.1 Å². The maximum absolute atomic E-state index is 8.81. The van der Waals surface area contributed by atoms with Crippen LogP contribution in [-0.4, -0.2) is 33.3 Å². The van der Waals surface area contributed by atoms with Gasteiger partial charge in [0.1, 0.15) is 0 Å². The number of nitrogens with one attached hydrogen (secondary N) is 2. The largest absolute Gasteiger partial charge is 0.383 e. The molecular weight excluding hydrogens is 355 g/mol. The Balaban J connectivity index is 0.00000324. The Bertz CT molecular complexity index is 443. The van der Waals surface area contributed by atoms with Gasteiger partial charge in [0.2, 0.25) is 0 Å². The molecule has 0 saturated carbocycles. The number of halogens is 1. The van der Waals surface area contributed by atoms with Crippen LogP contribution in [-0.2, 0) is 11.3 Å². The van der Waals surface area contributed by atoms with Gasteiger partial charge in [-0.3, -0.25) is 4.99 Å². The van der Waals surface area contributed by atoms with Crippen molar-refractivity contribution in [2.45, 2.75) is 6.54 Å². The molecule has 1 aromatic rings. The van der Waals surface area contributed by atoms with Crippen molar-refractivity contribution < 1.29 is 4.74 Å². The number of methoxy groups -OCH3 is 1. The van der Waals surface area contributed by atoms with E-state index in [1.54, 1.807) is 20.2 Å². The van der Waals surface area contributed by atoms with Gasteiger partial charge in [0.25, 0.3) is 0 Å². The average Bonchev–Trinajstić information content (AvgIpc) is 2.43. The second kappa shape index (κ2) is 10.6. The predicted molar refractivity (Wildman–Crippen MR) is 86.6 cm³/mol. The van der Waals surface area contributed by atoms with Gasteiger partial charge >= 0.3 is 0 Å². The van der Waals surface area contributed by atoms with E-state index in [9.17, 15) is 0 Å². The summed E-state index contributed by atoms with van der Waals surface area (Å²) in [6, 6.07) is 9.60. The van der Waals surface area contributed by atoms with Crippen LogP contribution in [0.15, 0.2) is 29.3 Å². The highest BCUT2D eigenvalue weighted by Crippen LogP contribution is 2.03. The maximum Gasteiger partial charge on any atom is 0.191 e. The molecule has 1 aromatic carbocycles. The molecule has 0 aliphatic rings. The molecule has 1 rings (SSSR count). The number of nitriles is 1. The average molecular weight is 374 g/mol. The molecule has 0 heterocycles. The summed E-state index contributed by atoms with van der Waals surface area (Å²) in [6.45, 7) is 1.96. The second-order valence-corrected chi connectivity index (χ2v) is 3.66. The molecule has 5 nitrogen and oxygen atoms in total. The van der Waals surface area contributed by atoms with Crippen LogP contribution >= 0.6 is 24.0 Å². The quantitative estimate of drug-likeness (QED) is 0.355. The van der Waals surface area contributed by atoms with Crippen molar-refractivity contribution in [1.29, 1.82) is 5.26 Å². The molecule has 0 atom stereocenters. The standard InChI is InChI=1S/C13H18N4O.HI/c1-15-13(16-6-7-18-2)17-10-12-5-3-4-11(8-12)9-14;/h3-5,8H,6-7,10H2,1-2H3,(H2,15,16,17);1H. The second-order valence-electron chi connectivity index (χ2n) is 3.66. The minimum absolute atomic E-state index is 0. The number of hydrogen-bond acceptors (Lipinski definition) is 3. The smallest absolute Gasteiger partial charge is 0.191 e. The minimum Gasteiger partial charge on any atom is -0.383 e. The van der Waals surface area contributed by atoms with E-state index in [4.69, 9.17) is 10.00 Å². The van der Waals surface area contributed by atoms with Crippen molar-refractivity contribution in [3.8, 4) is 6.07 Å². The van der Waals surface area contributed by atoms with Crippen LogP contribution in [0.25, 0.3) is 0 Å². The van der Waals surface area contributed by atoms with Gasteiger partial charge in [0.15, 0.2) is 5.96 Å². The summed E-state index contributed by atoms with van der Waals surface area (Å²) in [6.07, 6.45) is 0. The van der Waals surface area contributed by atoms with Crippen molar-refractivity contribution in [3.63, 3.8) is 0 Å². The predicted octanol–water partition coefficient (Wildman–Crippen LogP) is 1.49. The van der Waals surface area contributed by atoms with Crippen molar-refractivity contribution in [3.05, 3.63) is 35.4 Å². The summed E-state index contributed by atoms with van der Waals surface area (Å²) in [5, 5.41) is 15.1. The summed E-state index contributed by atoms with van der Waals surface area (Å²) in [4.78, 5) is 4.09. The number of hydrogen-bond donors (Lipinski definition) is 2. The van der Waals surface area contributed by atoms with Gasteiger partial charge in [-0.25, -0.2) is 0 Å². The molecule has 0 unspecified atom stereocenters. The molecule has 0 aromatic heterocycles. The Morgan fingerprint density at radius 1 is 1.42 bits per heavy atom. The van der Waals surface area contributed by atoms with Crippen LogP contribution in [0.4, 0.5) is 0 Å². The van der Waals surface area contributed by atoms with Gasteiger partial charge < -0.3 is 15.4 Å². The van der Waals surface area contributed by atoms with Gasteiger partial charge in [0, 0.05) is 27.2 Å². The highest BCUT2D eigenvalue weighted by molar-refractivity contribution is 14.0. The zero-order valence-corrected chi connectivity index (χ0v) is 13.5. The lowest BCUT2D eigenvalue weighted by Crippen LogP contribution is -2.38. The summed E-state index contributed by atoms with van der Waals surface area (Å²) in [5.74, 6) is 0.717. The molecule has 0 aliphatic heterocycles. The highest BCUT2D eigenvalue weighted by Gasteiger charge is 1.98. The Morgan fingerprint density at radius 3 is 2.84 bits per heavy atom. The molecule has 0 fully saturated rings. The first kappa shape index (κ1) is 17.7. The molecule has 6 heteroatoms. The first-order valence-electron chi connectivity index (χ1n) is 5.72. The molecule has 0 aliphatic carbocycles. The highest BCUT2D eigenvalue weighted by atomic mass is 127. The third kappa shape index (κ3) is 6.98. The van der Waals surface area contributed by atoms with Crippen LogP contribution in [0.5, 0.6) is 0 Å². The van der Waals surface area contributed by atoms with E-state index in [0.29, 0.717) is 25.3 Å². The lowest BCUT2D eigenvalue weighted by Gasteiger charge is -2.11. The summed E-state index contributed by atoms with van der Waals surface area (Å²) in [5.41, 5.74) is 1.71. The first-order chi connectivity index (χ1) is 8.80. The zero-order valence-electron chi connectivity index (χ0n) is 11.1. The number of nitrogens with zero attached hydrogens (tertiary/aromatic N) is 2. The fourth-order valence-electron chi connectivity index (χ4n) is 1.43. The van der Waals surface area contributed by atoms with Crippen LogP contribution < -0.4 is 10.6 Å². The van der Waals surface area contributed by atoms with Gasteiger partial charge in [-0.1, -0.05) is 12.1 Å². The summed E-state index contributed by atoms with van der Waals surface area (Å²) < 4.78 is 4.95. The zero-order chi connectivity index (χ0) is 13.2. The van der Waals surface area contributed by atoms with Crippen LogP contribution in [0.2, 0.25) is 0 Å². The van der Waals surface area contributed by atoms with E-state index < -0.39 is 0 Å². The fraction of sp³-hybridized carbons (Fsp3) is 0.385. The van der Waals surface area contributed by atoms with Crippen LogP contribution in [0, 0.1) is 11.3 Å². The molecule has 0 saturated heterocycles. The molecule has 104 valence electrons. The topological polar surface area (TPSA) is 69.4 Å². The van der Waals surface area contributed by atoms with E-state index in [2.05, 4.69) is 21.7 Å². The van der Waals surface area contributed by atoms with E-state index in [1.807, 2.05) is 18.2 Å². The van der Waals surface area contributed by atoms with Gasteiger partial charge in [-0.2, -0.15) is 5.26 Å². The third-order valence-electron chi connectivity index (χ3n) is 2.34. The fourth-order valence-corrected chi connectivity index (χ4v) is 1.43. The summed E-state index contributed by atoms with van der Waals surface area (Å²) in [7, 11) is 3.37. The van der Waals surface area contributed by atoms with Gasteiger partial charge in [-0.15, -0.1) is 24.0 Å². The number of benzene rings is 1. The molecule has 0 radical (unpaired) electrons.